The van der Waals surface area contributed by atoms with E-state index in [1.807, 2.05) is 67.6 Å². The van der Waals surface area contributed by atoms with Gasteiger partial charge in [-0.05, 0) is 47.1 Å². The minimum Gasteiger partial charge on any atom is -0.339 e. The van der Waals surface area contributed by atoms with Crippen molar-refractivity contribution in [2.45, 2.75) is 23.3 Å². The average Bonchev–Trinajstić information content (AvgIpc) is 2.72. The molecule has 3 N–H and O–H groups in total. The van der Waals surface area contributed by atoms with Crippen LogP contribution in [0.1, 0.15) is 22.8 Å². The Kier molecular flexibility index (Phi) is 7.42. The number of rotatable bonds is 5. The lowest BCUT2D eigenvalue weighted by Gasteiger charge is -2.28. The van der Waals surface area contributed by atoms with Gasteiger partial charge in [0.15, 0.2) is 5.11 Å². The van der Waals surface area contributed by atoms with Gasteiger partial charge in [-0.3, -0.25) is 4.79 Å². The number of benzene rings is 3. The maximum atomic E-state index is 13.0. The quantitative estimate of drug-likeness (QED) is 0.245. The summed E-state index contributed by atoms with van der Waals surface area (Å²) in [5.74, 6) is -0.382. The molecule has 3 aromatic rings. The standard InChI is InChI=1S/C22H20Cl3N3OS/c1-2-14-8-4-6-13-18(14)26-21(30)28-20(22(23,24)25)27-19(29)17-12-7-10-15-9-3-5-11-16(15)17/h3-13,20H,2H2,1H3,(H,27,29)(H2,26,28,30). The van der Waals surface area contributed by atoms with Crippen LogP contribution < -0.4 is 16.0 Å². The highest BCUT2D eigenvalue weighted by Gasteiger charge is 2.35. The Bertz CT molecular complexity index is 1060. The Morgan fingerprint density at radius 3 is 2.37 bits per heavy atom. The Balaban J connectivity index is 1.78. The van der Waals surface area contributed by atoms with Gasteiger partial charge < -0.3 is 16.0 Å². The van der Waals surface area contributed by atoms with Crippen LogP contribution in [0.15, 0.2) is 66.7 Å². The van der Waals surface area contributed by atoms with Crippen LogP contribution >= 0.6 is 47.0 Å². The molecular formula is C22H20Cl3N3OS. The third kappa shape index (κ3) is 5.55. The third-order valence-corrected chi connectivity index (χ3v) is 5.43. The molecule has 1 atom stereocenters. The van der Waals surface area contributed by atoms with Crippen LogP contribution in [0.2, 0.25) is 0 Å². The molecule has 0 spiro atoms. The molecule has 1 unspecified atom stereocenters. The number of anilines is 1. The number of amides is 1. The van der Waals surface area contributed by atoms with Crippen LogP contribution in [0.4, 0.5) is 5.69 Å². The van der Waals surface area contributed by atoms with E-state index in [4.69, 9.17) is 47.0 Å². The van der Waals surface area contributed by atoms with E-state index in [9.17, 15) is 4.79 Å². The number of aryl methyl sites for hydroxylation is 1. The SMILES string of the molecule is CCc1ccccc1NC(=S)NC(NC(=O)c1cccc2ccccc12)C(Cl)(Cl)Cl. The molecule has 8 heteroatoms. The van der Waals surface area contributed by atoms with Crippen LogP contribution in [0.25, 0.3) is 10.8 Å². The van der Waals surface area contributed by atoms with Gasteiger partial charge in [-0.15, -0.1) is 0 Å². The number of nitrogens with one attached hydrogen (secondary N) is 3. The molecule has 0 fully saturated rings. The minimum atomic E-state index is -1.84. The zero-order chi connectivity index (χ0) is 21.7. The molecule has 0 radical (unpaired) electrons. The van der Waals surface area contributed by atoms with Crippen molar-refractivity contribution in [2.24, 2.45) is 0 Å². The van der Waals surface area contributed by atoms with Gasteiger partial charge in [0.05, 0.1) is 0 Å². The van der Waals surface area contributed by atoms with Gasteiger partial charge in [0.1, 0.15) is 6.17 Å². The molecule has 0 aromatic heterocycles. The lowest BCUT2D eigenvalue weighted by Crippen LogP contribution is -2.56. The molecule has 30 heavy (non-hydrogen) atoms. The van der Waals surface area contributed by atoms with Crippen LogP contribution in [-0.2, 0) is 6.42 Å². The van der Waals surface area contributed by atoms with Crippen LogP contribution in [0.3, 0.4) is 0 Å². The number of hydrogen-bond acceptors (Lipinski definition) is 2. The second-order valence-corrected chi connectivity index (χ2v) is 9.36. The zero-order valence-electron chi connectivity index (χ0n) is 16.1. The first kappa shape index (κ1) is 22.6. The smallest absolute Gasteiger partial charge is 0.253 e. The topological polar surface area (TPSA) is 53.2 Å². The van der Waals surface area contributed by atoms with E-state index >= 15 is 0 Å². The Hall–Kier alpha value is -2.05. The molecule has 0 heterocycles. The number of carbonyl (C=O) groups is 1. The fourth-order valence-electron chi connectivity index (χ4n) is 3.07. The second kappa shape index (κ2) is 9.84. The molecule has 0 aliphatic carbocycles. The molecule has 0 saturated carbocycles. The summed E-state index contributed by atoms with van der Waals surface area (Å²) in [7, 11) is 0. The lowest BCUT2D eigenvalue weighted by molar-refractivity contribution is 0.0936. The van der Waals surface area contributed by atoms with Crippen molar-refractivity contribution in [3.63, 3.8) is 0 Å². The van der Waals surface area contributed by atoms with Gasteiger partial charge in [0.2, 0.25) is 3.79 Å². The predicted octanol–water partition coefficient (Wildman–Crippen LogP) is 5.81. The minimum absolute atomic E-state index is 0.227. The molecule has 0 bridgehead atoms. The van der Waals surface area contributed by atoms with Crippen molar-refractivity contribution < 1.29 is 4.79 Å². The van der Waals surface area contributed by atoms with Crippen molar-refractivity contribution in [1.29, 1.82) is 0 Å². The van der Waals surface area contributed by atoms with E-state index in [2.05, 4.69) is 16.0 Å². The van der Waals surface area contributed by atoms with Gasteiger partial charge in [0.25, 0.3) is 5.91 Å². The predicted molar refractivity (Wildman–Crippen MR) is 131 cm³/mol. The second-order valence-electron chi connectivity index (χ2n) is 6.58. The molecule has 3 rings (SSSR count). The molecule has 156 valence electrons. The van der Waals surface area contributed by atoms with E-state index in [0.29, 0.717) is 5.56 Å². The lowest BCUT2D eigenvalue weighted by atomic mass is 10.0. The number of hydrogen-bond donors (Lipinski definition) is 3. The first-order chi connectivity index (χ1) is 14.3. The first-order valence-electron chi connectivity index (χ1n) is 9.30. The highest BCUT2D eigenvalue weighted by Crippen LogP contribution is 2.30. The molecule has 0 aliphatic rings. The Morgan fingerprint density at radius 1 is 0.967 bits per heavy atom. The third-order valence-electron chi connectivity index (χ3n) is 4.56. The maximum Gasteiger partial charge on any atom is 0.253 e. The number of halogens is 3. The van der Waals surface area contributed by atoms with Crippen LogP contribution in [0, 0.1) is 0 Å². The summed E-state index contributed by atoms with van der Waals surface area (Å²) in [6.07, 6.45) is -0.222. The molecule has 3 aromatic carbocycles. The van der Waals surface area contributed by atoms with Gasteiger partial charge in [0, 0.05) is 11.3 Å². The van der Waals surface area contributed by atoms with Crippen molar-refractivity contribution in [1.82, 2.24) is 10.6 Å². The van der Waals surface area contributed by atoms with Crippen molar-refractivity contribution >= 4 is 74.5 Å². The molecule has 0 saturated heterocycles. The Morgan fingerprint density at radius 2 is 1.63 bits per heavy atom. The molecule has 4 nitrogen and oxygen atoms in total. The number of fused-ring (bicyclic) bond motifs is 1. The maximum absolute atomic E-state index is 13.0. The van der Waals surface area contributed by atoms with Crippen LogP contribution in [0.5, 0.6) is 0 Å². The fraction of sp³-hybridized carbons (Fsp3) is 0.182. The summed E-state index contributed by atoms with van der Waals surface area (Å²) in [5.41, 5.74) is 2.41. The van der Waals surface area contributed by atoms with E-state index in [0.717, 1.165) is 28.4 Å². The van der Waals surface area contributed by atoms with Gasteiger partial charge in [-0.1, -0.05) is 96.3 Å². The summed E-state index contributed by atoms with van der Waals surface area (Å²) in [6, 6.07) is 20.8. The van der Waals surface area contributed by atoms with E-state index in [1.54, 1.807) is 6.07 Å². The fourth-order valence-corrected chi connectivity index (χ4v) is 3.63. The summed E-state index contributed by atoms with van der Waals surface area (Å²) in [6.45, 7) is 2.05. The van der Waals surface area contributed by atoms with Crippen molar-refractivity contribution in [3.8, 4) is 0 Å². The Labute approximate surface area is 195 Å². The largest absolute Gasteiger partial charge is 0.339 e. The van der Waals surface area contributed by atoms with Crippen molar-refractivity contribution in [3.05, 3.63) is 77.9 Å². The highest BCUT2D eigenvalue weighted by molar-refractivity contribution is 7.80. The summed E-state index contributed by atoms with van der Waals surface area (Å²) in [4.78, 5) is 13.0. The average molecular weight is 481 g/mol. The van der Waals surface area contributed by atoms with E-state index in [-0.39, 0.29) is 11.0 Å². The zero-order valence-corrected chi connectivity index (χ0v) is 19.2. The molecular weight excluding hydrogens is 461 g/mol. The van der Waals surface area contributed by atoms with E-state index in [1.165, 1.54) is 0 Å². The van der Waals surface area contributed by atoms with Gasteiger partial charge in [-0.25, -0.2) is 0 Å². The normalized spacial score (nSPS) is 12.3. The number of thiocarbonyl (C=S) groups is 1. The highest BCUT2D eigenvalue weighted by atomic mass is 35.6. The molecule has 1 amide bonds. The number of carbonyl (C=O) groups excluding carboxylic acids is 1. The molecule has 0 aliphatic heterocycles. The first-order valence-corrected chi connectivity index (χ1v) is 10.8. The van der Waals surface area contributed by atoms with E-state index < -0.39 is 9.96 Å². The summed E-state index contributed by atoms with van der Waals surface area (Å²) in [5, 5.41) is 10.7. The monoisotopic (exact) mass is 479 g/mol. The number of alkyl halides is 3. The summed E-state index contributed by atoms with van der Waals surface area (Å²) >= 11 is 23.7. The van der Waals surface area contributed by atoms with Crippen molar-refractivity contribution in [2.75, 3.05) is 5.32 Å². The van der Waals surface area contributed by atoms with Gasteiger partial charge in [-0.2, -0.15) is 0 Å². The van der Waals surface area contributed by atoms with Crippen LogP contribution in [-0.4, -0.2) is 21.0 Å². The number of para-hydroxylation sites is 1. The summed E-state index contributed by atoms with van der Waals surface area (Å²) < 4.78 is -1.84. The van der Waals surface area contributed by atoms with Gasteiger partial charge >= 0.3 is 0 Å².